The second-order valence-corrected chi connectivity index (χ2v) is 8.45. The largest absolute Gasteiger partial charge is 0.381 e. The van der Waals surface area contributed by atoms with Gasteiger partial charge in [-0.15, -0.1) is 0 Å². The molecule has 0 aromatic rings. The minimum absolute atomic E-state index is 0.128. The fourth-order valence-corrected chi connectivity index (χ4v) is 4.35. The Morgan fingerprint density at radius 1 is 1.05 bits per heavy atom. The molecule has 1 heterocycles. The molecule has 4 nitrogen and oxygen atoms in total. The van der Waals surface area contributed by atoms with E-state index >= 15 is 0 Å². The highest BCUT2D eigenvalue weighted by Gasteiger charge is 2.38. The van der Waals surface area contributed by atoms with Crippen molar-refractivity contribution in [3.8, 4) is 0 Å². The summed E-state index contributed by atoms with van der Waals surface area (Å²) in [6, 6.07) is 0.747. The van der Waals surface area contributed by atoms with Crippen LogP contribution in [-0.2, 0) is 9.53 Å². The number of carbonyl (C=O) groups excluding carboxylic acids is 1. The molecule has 2 N–H and O–H groups in total. The van der Waals surface area contributed by atoms with E-state index in [1.54, 1.807) is 0 Å². The van der Waals surface area contributed by atoms with Crippen molar-refractivity contribution in [1.82, 2.24) is 10.6 Å². The van der Waals surface area contributed by atoms with Gasteiger partial charge in [-0.25, -0.2) is 0 Å². The molecule has 122 valence electrons. The van der Waals surface area contributed by atoms with Gasteiger partial charge in [0.2, 0.25) is 5.91 Å². The molecule has 2 aliphatic rings. The van der Waals surface area contributed by atoms with E-state index in [0.717, 1.165) is 38.9 Å². The van der Waals surface area contributed by atoms with Crippen LogP contribution in [0.4, 0.5) is 0 Å². The van der Waals surface area contributed by atoms with Crippen LogP contribution in [-0.4, -0.2) is 37.7 Å². The molecule has 0 aromatic carbocycles. The molecule has 1 aliphatic heterocycles. The molecule has 2 fully saturated rings. The Morgan fingerprint density at radius 3 is 2.19 bits per heavy atom. The van der Waals surface area contributed by atoms with Crippen molar-refractivity contribution in [2.24, 2.45) is 10.8 Å². The Balaban J connectivity index is 1.75. The molecule has 1 saturated heterocycles. The van der Waals surface area contributed by atoms with Gasteiger partial charge in [-0.05, 0) is 42.9 Å². The van der Waals surface area contributed by atoms with Crippen molar-refractivity contribution in [2.75, 3.05) is 19.8 Å². The minimum Gasteiger partial charge on any atom is -0.381 e. The number of amides is 1. The Hall–Kier alpha value is -0.610. The third kappa shape index (κ3) is 5.59. The zero-order valence-corrected chi connectivity index (χ0v) is 14.1. The Labute approximate surface area is 129 Å². The molecule has 0 bridgehead atoms. The van der Waals surface area contributed by atoms with Crippen LogP contribution in [0.1, 0.15) is 59.8 Å². The first-order valence-electron chi connectivity index (χ1n) is 8.36. The summed E-state index contributed by atoms with van der Waals surface area (Å²) in [5.74, 6) is 0.128. The first-order valence-corrected chi connectivity index (χ1v) is 8.36. The summed E-state index contributed by atoms with van der Waals surface area (Å²) in [5.41, 5.74) is 0.715. The van der Waals surface area contributed by atoms with Crippen molar-refractivity contribution in [1.29, 1.82) is 0 Å². The molecule has 21 heavy (non-hydrogen) atoms. The first kappa shape index (κ1) is 16.8. The minimum atomic E-state index is 0.128. The maximum absolute atomic E-state index is 12.1. The Kier molecular flexibility index (Phi) is 5.31. The highest BCUT2D eigenvalue weighted by Crippen LogP contribution is 2.45. The lowest BCUT2D eigenvalue weighted by atomic mass is 9.63. The quantitative estimate of drug-likeness (QED) is 0.838. The van der Waals surface area contributed by atoms with Crippen molar-refractivity contribution >= 4 is 5.91 Å². The van der Waals surface area contributed by atoms with E-state index in [9.17, 15) is 4.79 Å². The zero-order chi connectivity index (χ0) is 15.5. The first-order chi connectivity index (χ1) is 9.76. The summed E-state index contributed by atoms with van der Waals surface area (Å²) in [7, 11) is 0. The van der Waals surface area contributed by atoms with E-state index in [-0.39, 0.29) is 5.91 Å². The normalized spacial score (nSPS) is 26.5. The number of nitrogens with one attached hydrogen (secondary N) is 2. The summed E-state index contributed by atoms with van der Waals surface area (Å²) in [5, 5.41) is 6.60. The summed E-state index contributed by atoms with van der Waals surface area (Å²) in [6.07, 6.45) is 5.44. The molecule has 0 spiro atoms. The molecule has 0 radical (unpaired) electrons. The van der Waals surface area contributed by atoms with Crippen molar-refractivity contribution in [3.63, 3.8) is 0 Å². The summed E-state index contributed by atoms with van der Waals surface area (Å²) in [6.45, 7) is 11.3. The molecule has 2 rings (SSSR count). The van der Waals surface area contributed by atoms with Crippen LogP contribution >= 0.6 is 0 Å². The maximum Gasteiger partial charge on any atom is 0.234 e. The maximum atomic E-state index is 12.1. The summed E-state index contributed by atoms with van der Waals surface area (Å²) in [4.78, 5) is 12.1. The molecule has 1 aliphatic carbocycles. The van der Waals surface area contributed by atoms with Gasteiger partial charge in [0.05, 0.1) is 6.54 Å². The Morgan fingerprint density at radius 2 is 1.62 bits per heavy atom. The molecule has 4 heteroatoms. The molecule has 0 atom stereocenters. The smallest absolute Gasteiger partial charge is 0.234 e. The van der Waals surface area contributed by atoms with Crippen LogP contribution in [0.3, 0.4) is 0 Å². The predicted molar refractivity (Wildman–Crippen MR) is 85.2 cm³/mol. The van der Waals surface area contributed by atoms with Gasteiger partial charge >= 0.3 is 0 Å². The van der Waals surface area contributed by atoms with Crippen LogP contribution in [0.25, 0.3) is 0 Å². The number of hydrogen-bond donors (Lipinski definition) is 2. The van der Waals surface area contributed by atoms with E-state index < -0.39 is 0 Å². The van der Waals surface area contributed by atoms with Crippen LogP contribution in [0.15, 0.2) is 0 Å². The second-order valence-electron chi connectivity index (χ2n) is 8.45. The van der Waals surface area contributed by atoms with E-state index in [1.807, 2.05) is 0 Å². The van der Waals surface area contributed by atoms with E-state index in [0.29, 0.717) is 29.5 Å². The zero-order valence-electron chi connectivity index (χ0n) is 14.1. The fourth-order valence-electron chi connectivity index (χ4n) is 4.35. The monoisotopic (exact) mass is 296 g/mol. The highest BCUT2D eigenvalue weighted by molar-refractivity contribution is 5.78. The standard InChI is InChI=1S/C17H32N2O2/c1-16(2)9-14(10-17(3,4)12-16)18-11-15(20)19-13-5-7-21-8-6-13/h13-14,18H,5-12H2,1-4H3,(H,19,20). The highest BCUT2D eigenvalue weighted by atomic mass is 16.5. The lowest BCUT2D eigenvalue weighted by molar-refractivity contribution is -0.121. The number of ether oxygens (including phenoxy) is 1. The van der Waals surface area contributed by atoms with Gasteiger partial charge < -0.3 is 15.4 Å². The van der Waals surface area contributed by atoms with Crippen molar-refractivity contribution in [2.45, 2.75) is 71.9 Å². The molecular formula is C17H32N2O2. The molecule has 0 aromatic heterocycles. The van der Waals surface area contributed by atoms with Gasteiger partial charge in [0, 0.05) is 25.3 Å². The van der Waals surface area contributed by atoms with Crippen molar-refractivity contribution < 1.29 is 9.53 Å². The van der Waals surface area contributed by atoms with E-state index in [2.05, 4.69) is 38.3 Å². The lowest BCUT2D eigenvalue weighted by Crippen LogP contribution is -2.48. The average Bonchev–Trinajstić information content (AvgIpc) is 2.34. The third-order valence-electron chi connectivity index (χ3n) is 4.69. The molecule has 1 amide bonds. The SMILES string of the molecule is CC1(C)CC(NCC(=O)NC2CCOCC2)CC(C)(C)C1. The predicted octanol–water partition coefficient (Wildman–Crippen LogP) is 2.48. The van der Waals surface area contributed by atoms with Gasteiger partial charge in [-0.3, -0.25) is 4.79 Å². The van der Waals surface area contributed by atoms with E-state index in [1.165, 1.54) is 6.42 Å². The third-order valence-corrected chi connectivity index (χ3v) is 4.69. The van der Waals surface area contributed by atoms with Gasteiger partial charge in [0.25, 0.3) is 0 Å². The van der Waals surface area contributed by atoms with Gasteiger partial charge in [0.1, 0.15) is 0 Å². The van der Waals surface area contributed by atoms with Gasteiger partial charge in [-0.2, -0.15) is 0 Å². The van der Waals surface area contributed by atoms with Crippen LogP contribution in [0.5, 0.6) is 0 Å². The number of rotatable bonds is 4. The van der Waals surface area contributed by atoms with Crippen LogP contribution in [0, 0.1) is 10.8 Å². The topological polar surface area (TPSA) is 50.4 Å². The summed E-state index contributed by atoms with van der Waals surface area (Å²) >= 11 is 0. The van der Waals surface area contributed by atoms with Crippen LogP contribution < -0.4 is 10.6 Å². The number of carbonyl (C=O) groups is 1. The lowest BCUT2D eigenvalue weighted by Gasteiger charge is -2.45. The average molecular weight is 296 g/mol. The van der Waals surface area contributed by atoms with Gasteiger partial charge in [-0.1, -0.05) is 27.7 Å². The second kappa shape index (κ2) is 6.66. The summed E-state index contributed by atoms with van der Waals surface area (Å²) < 4.78 is 5.32. The van der Waals surface area contributed by atoms with Gasteiger partial charge in [0.15, 0.2) is 0 Å². The van der Waals surface area contributed by atoms with Crippen molar-refractivity contribution in [3.05, 3.63) is 0 Å². The number of hydrogen-bond acceptors (Lipinski definition) is 3. The van der Waals surface area contributed by atoms with Crippen LogP contribution in [0.2, 0.25) is 0 Å². The molecular weight excluding hydrogens is 264 g/mol. The van der Waals surface area contributed by atoms with E-state index in [4.69, 9.17) is 4.74 Å². The molecule has 1 saturated carbocycles. The Bertz CT molecular complexity index is 344. The fraction of sp³-hybridized carbons (Fsp3) is 0.941. The molecule has 0 unspecified atom stereocenters.